The van der Waals surface area contributed by atoms with Crippen LogP contribution >= 0.6 is 23.2 Å². The lowest BCUT2D eigenvalue weighted by molar-refractivity contribution is 1.16. The van der Waals surface area contributed by atoms with Gasteiger partial charge in [0.05, 0.1) is 10.0 Å². The summed E-state index contributed by atoms with van der Waals surface area (Å²) in [4.78, 5) is 4.44. The van der Waals surface area contributed by atoms with E-state index in [1.54, 1.807) is 6.07 Å². The number of nitrogens with zero attached hydrogens (tertiary/aromatic N) is 1. The van der Waals surface area contributed by atoms with Crippen molar-refractivity contribution in [1.82, 2.24) is 4.98 Å². The molecule has 1 aromatic heterocycles. The average Bonchev–Trinajstić information content (AvgIpc) is 2.39. The molecule has 0 unspecified atom stereocenters. The minimum atomic E-state index is 0.498. The van der Waals surface area contributed by atoms with E-state index >= 15 is 0 Å². The van der Waals surface area contributed by atoms with Crippen molar-refractivity contribution in [1.29, 1.82) is 0 Å². The van der Waals surface area contributed by atoms with Crippen LogP contribution in [0, 0.1) is 13.8 Å². The van der Waals surface area contributed by atoms with E-state index in [0.29, 0.717) is 21.7 Å². The van der Waals surface area contributed by atoms with E-state index in [4.69, 9.17) is 23.2 Å². The van der Waals surface area contributed by atoms with Gasteiger partial charge in [0.2, 0.25) is 0 Å². The van der Waals surface area contributed by atoms with Gasteiger partial charge in [-0.1, -0.05) is 35.3 Å². The average molecular weight is 310 g/mol. The van der Waals surface area contributed by atoms with Crippen molar-refractivity contribution >= 4 is 40.5 Å². The molecule has 1 heterocycles. The molecule has 5 heteroatoms. The van der Waals surface area contributed by atoms with Crippen molar-refractivity contribution in [2.45, 2.75) is 20.8 Å². The molecule has 2 N–H and O–H groups in total. The van der Waals surface area contributed by atoms with Crippen LogP contribution in [0.2, 0.25) is 10.0 Å². The van der Waals surface area contributed by atoms with Gasteiger partial charge in [0.1, 0.15) is 5.82 Å². The third-order valence-corrected chi connectivity index (χ3v) is 3.50. The van der Waals surface area contributed by atoms with Gasteiger partial charge in [0.15, 0.2) is 5.82 Å². The predicted molar refractivity (Wildman–Crippen MR) is 87.6 cm³/mol. The van der Waals surface area contributed by atoms with Crippen molar-refractivity contribution in [2.75, 3.05) is 17.2 Å². The van der Waals surface area contributed by atoms with Crippen LogP contribution in [0.1, 0.15) is 18.1 Å². The SMILES string of the molecule is CCNc1nc(Nc2cc(C)ccc2C)c(Cl)cc1Cl. The monoisotopic (exact) mass is 309 g/mol. The minimum absolute atomic E-state index is 0.498. The van der Waals surface area contributed by atoms with E-state index in [1.165, 1.54) is 5.56 Å². The van der Waals surface area contributed by atoms with Crippen molar-refractivity contribution in [3.8, 4) is 0 Å². The zero-order valence-corrected chi connectivity index (χ0v) is 13.2. The summed E-state index contributed by atoms with van der Waals surface area (Å²) in [6.07, 6.45) is 0. The molecule has 1 aromatic carbocycles. The summed E-state index contributed by atoms with van der Waals surface area (Å²) in [5.41, 5.74) is 3.30. The van der Waals surface area contributed by atoms with E-state index in [0.717, 1.165) is 17.8 Å². The number of aromatic nitrogens is 1. The van der Waals surface area contributed by atoms with Crippen LogP contribution in [0.15, 0.2) is 24.3 Å². The lowest BCUT2D eigenvalue weighted by atomic mass is 10.1. The fraction of sp³-hybridized carbons (Fsp3) is 0.267. The van der Waals surface area contributed by atoms with Gasteiger partial charge in [-0.2, -0.15) is 0 Å². The Morgan fingerprint density at radius 2 is 1.75 bits per heavy atom. The molecule has 3 nitrogen and oxygen atoms in total. The Hall–Kier alpha value is -1.45. The number of hydrogen-bond donors (Lipinski definition) is 2. The Bertz CT molecular complexity index is 627. The number of nitrogens with one attached hydrogen (secondary N) is 2. The number of hydrogen-bond acceptors (Lipinski definition) is 3. The topological polar surface area (TPSA) is 37.0 Å². The summed E-state index contributed by atoms with van der Waals surface area (Å²) in [5.74, 6) is 1.23. The second-order valence-electron chi connectivity index (χ2n) is 4.62. The highest BCUT2D eigenvalue weighted by Crippen LogP contribution is 2.31. The van der Waals surface area contributed by atoms with Gasteiger partial charge >= 0.3 is 0 Å². The van der Waals surface area contributed by atoms with Gasteiger partial charge in [-0.25, -0.2) is 4.98 Å². The van der Waals surface area contributed by atoms with Crippen LogP contribution < -0.4 is 10.6 Å². The number of pyridine rings is 1. The highest BCUT2D eigenvalue weighted by atomic mass is 35.5. The Morgan fingerprint density at radius 1 is 1.05 bits per heavy atom. The van der Waals surface area contributed by atoms with Gasteiger partial charge in [0.25, 0.3) is 0 Å². The smallest absolute Gasteiger partial charge is 0.151 e. The maximum atomic E-state index is 6.21. The molecule has 0 amide bonds. The van der Waals surface area contributed by atoms with E-state index in [-0.39, 0.29) is 0 Å². The normalized spacial score (nSPS) is 10.4. The molecule has 0 fully saturated rings. The number of halogens is 2. The molecule has 0 saturated heterocycles. The molecule has 0 aliphatic heterocycles. The first-order valence-electron chi connectivity index (χ1n) is 6.45. The molecule has 0 bridgehead atoms. The van der Waals surface area contributed by atoms with Crippen molar-refractivity contribution in [3.63, 3.8) is 0 Å². The first kappa shape index (κ1) is 14.9. The van der Waals surface area contributed by atoms with E-state index in [1.807, 2.05) is 20.8 Å². The van der Waals surface area contributed by atoms with Crippen LogP contribution in [0.3, 0.4) is 0 Å². The molecule has 0 radical (unpaired) electrons. The molecule has 0 spiro atoms. The molecule has 0 saturated carbocycles. The second kappa shape index (κ2) is 6.33. The maximum absolute atomic E-state index is 6.21. The molecule has 2 rings (SSSR count). The van der Waals surface area contributed by atoms with Crippen LogP contribution in [0.4, 0.5) is 17.3 Å². The summed E-state index contributed by atoms with van der Waals surface area (Å²) in [6.45, 7) is 6.82. The quantitative estimate of drug-likeness (QED) is 0.817. The van der Waals surface area contributed by atoms with Crippen LogP contribution in [-0.4, -0.2) is 11.5 Å². The predicted octanol–water partition coefficient (Wildman–Crippen LogP) is 5.18. The van der Waals surface area contributed by atoms with E-state index < -0.39 is 0 Å². The van der Waals surface area contributed by atoms with Crippen molar-refractivity contribution in [3.05, 3.63) is 45.4 Å². The first-order chi connectivity index (χ1) is 9.51. The van der Waals surface area contributed by atoms with E-state index in [9.17, 15) is 0 Å². The summed E-state index contributed by atoms with van der Waals surface area (Å²) in [5, 5.41) is 7.39. The Morgan fingerprint density at radius 3 is 2.45 bits per heavy atom. The molecule has 0 aliphatic carbocycles. The number of rotatable bonds is 4. The van der Waals surface area contributed by atoms with Crippen LogP contribution in [-0.2, 0) is 0 Å². The lowest BCUT2D eigenvalue weighted by Crippen LogP contribution is -2.03. The zero-order valence-electron chi connectivity index (χ0n) is 11.7. The summed E-state index contributed by atoms with van der Waals surface area (Å²) >= 11 is 12.3. The van der Waals surface area contributed by atoms with Gasteiger partial charge in [-0.3, -0.25) is 0 Å². The standard InChI is InChI=1S/C15H17Cl2N3/c1-4-18-14-11(16)8-12(17)15(20-14)19-13-7-9(2)5-6-10(13)3/h5-8H,4H2,1-3H3,(H2,18,19,20). The largest absolute Gasteiger partial charge is 0.369 e. The highest BCUT2D eigenvalue weighted by Gasteiger charge is 2.10. The maximum Gasteiger partial charge on any atom is 0.151 e. The first-order valence-corrected chi connectivity index (χ1v) is 7.21. The third-order valence-electron chi connectivity index (χ3n) is 2.92. The fourth-order valence-electron chi connectivity index (χ4n) is 1.84. The summed E-state index contributed by atoms with van der Waals surface area (Å²) in [7, 11) is 0. The molecule has 0 aliphatic rings. The van der Waals surface area contributed by atoms with Crippen molar-refractivity contribution < 1.29 is 0 Å². The third kappa shape index (κ3) is 3.35. The minimum Gasteiger partial charge on any atom is -0.369 e. The molecule has 2 aromatic rings. The number of anilines is 3. The Balaban J connectivity index is 2.37. The summed E-state index contributed by atoms with van der Waals surface area (Å²) in [6, 6.07) is 7.89. The molecule has 20 heavy (non-hydrogen) atoms. The van der Waals surface area contributed by atoms with Gasteiger partial charge in [-0.05, 0) is 44.0 Å². The Kier molecular flexibility index (Phi) is 4.73. The molecular weight excluding hydrogens is 293 g/mol. The van der Waals surface area contributed by atoms with Gasteiger partial charge < -0.3 is 10.6 Å². The lowest BCUT2D eigenvalue weighted by Gasteiger charge is -2.13. The van der Waals surface area contributed by atoms with Crippen molar-refractivity contribution in [2.24, 2.45) is 0 Å². The fourth-order valence-corrected chi connectivity index (χ4v) is 2.32. The van der Waals surface area contributed by atoms with E-state index in [2.05, 4.69) is 33.8 Å². The van der Waals surface area contributed by atoms with Gasteiger partial charge in [0, 0.05) is 12.2 Å². The van der Waals surface area contributed by atoms with Gasteiger partial charge in [-0.15, -0.1) is 0 Å². The van der Waals surface area contributed by atoms with Crippen LogP contribution in [0.5, 0.6) is 0 Å². The molecular formula is C15H17Cl2N3. The highest BCUT2D eigenvalue weighted by molar-refractivity contribution is 6.37. The summed E-state index contributed by atoms with van der Waals surface area (Å²) < 4.78 is 0. The zero-order chi connectivity index (χ0) is 14.7. The number of benzene rings is 1. The second-order valence-corrected chi connectivity index (χ2v) is 5.44. The van der Waals surface area contributed by atoms with Crippen LogP contribution in [0.25, 0.3) is 0 Å². The Labute approximate surface area is 129 Å². The molecule has 0 atom stereocenters. The number of aryl methyl sites for hydroxylation is 2. The molecule has 106 valence electrons.